The molecular weight excluding hydrogens is 261 g/mol. The normalized spacial score (nSPS) is 10.1. The van der Waals surface area contributed by atoms with E-state index < -0.39 is 10.7 Å². The molecule has 0 radical (unpaired) electrons. The monoisotopic (exact) mass is 265 g/mol. The van der Waals surface area contributed by atoms with Gasteiger partial charge < -0.3 is 0 Å². The molecule has 0 bridgehead atoms. The van der Waals surface area contributed by atoms with E-state index in [1.165, 1.54) is 12.1 Å². The van der Waals surface area contributed by atoms with E-state index in [1.54, 1.807) is 6.26 Å². The first-order chi connectivity index (χ1) is 6.06. The largest absolute Gasteiger partial charge is 0.286 e. The summed E-state index contributed by atoms with van der Waals surface area (Å²) in [6.45, 7) is 0. The summed E-state index contributed by atoms with van der Waals surface area (Å²) >= 11 is 4.01. The average molecular weight is 266 g/mol. The molecule has 1 aromatic rings. The molecule has 0 aliphatic carbocycles. The first-order valence-corrected chi connectivity index (χ1v) is 5.25. The fourth-order valence-corrected chi connectivity index (χ4v) is 1.90. The van der Waals surface area contributed by atoms with Gasteiger partial charge in [0.1, 0.15) is 10.7 Å². The quantitative estimate of drug-likeness (QED) is 0.469. The van der Waals surface area contributed by atoms with E-state index >= 15 is 0 Å². The number of benzene rings is 1. The van der Waals surface area contributed by atoms with Crippen molar-refractivity contribution in [3.8, 4) is 0 Å². The number of thioether (sulfide) groups is 1. The summed E-state index contributed by atoms with van der Waals surface area (Å²) in [5, 5.41) is 10.5. The summed E-state index contributed by atoms with van der Waals surface area (Å²) in [7, 11) is 0. The van der Waals surface area contributed by atoms with Crippen LogP contribution in [0.4, 0.5) is 10.1 Å². The summed E-state index contributed by atoms with van der Waals surface area (Å²) in [6, 6.07) is 2.49. The highest BCUT2D eigenvalue weighted by molar-refractivity contribution is 9.10. The highest BCUT2D eigenvalue weighted by Gasteiger charge is 2.18. The Labute approximate surface area is 86.6 Å². The van der Waals surface area contributed by atoms with Crippen LogP contribution in [-0.4, -0.2) is 11.2 Å². The van der Waals surface area contributed by atoms with Gasteiger partial charge in [0.15, 0.2) is 0 Å². The zero-order valence-corrected chi connectivity index (χ0v) is 8.99. The third-order valence-corrected chi connectivity index (χ3v) is 2.66. The number of halogens is 2. The fraction of sp³-hybridized carbons (Fsp3) is 0.143. The molecule has 3 nitrogen and oxygen atoms in total. The Morgan fingerprint density at radius 3 is 2.69 bits per heavy atom. The van der Waals surface area contributed by atoms with Crippen LogP contribution in [0.15, 0.2) is 21.5 Å². The molecule has 6 heteroatoms. The Hall–Kier alpha value is -0.620. The number of hydrogen-bond donors (Lipinski definition) is 0. The van der Waals surface area contributed by atoms with Gasteiger partial charge in [0, 0.05) is 10.5 Å². The van der Waals surface area contributed by atoms with Crippen molar-refractivity contribution in [2.45, 2.75) is 4.90 Å². The minimum atomic E-state index is -0.598. The van der Waals surface area contributed by atoms with Gasteiger partial charge in [0.05, 0.1) is 4.92 Å². The smallest absolute Gasteiger partial charge is 0.258 e. The van der Waals surface area contributed by atoms with Crippen molar-refractivity contribution in [1.82, 2.24) is 0 Å². The second kappa shape index (κ2) is 4.06. The van der Waals surface area contributed by atoms with E-state index in [9.17, 15) is 14.5 Å². The molecule has 0 N–H and O–H groups in total. The number of nitro groups is 1. The minimum absolute atomic E-state index is 0.0631. The topological polar surface area (TPSA) is 43.1 Å². The molecule has 0 unspecified atom stereocenters. The van der Waals surface area contributed by atoms with Gasteiger partial charge in [0.25, 0.3) is 5.69 Å². The molecular formula is C7H5BrFNO2S. The third-order valence-electron chi connectivity index (χ3n) is 1.39. The van der Waals surface area contributed by atoms with E-state index in [0.717, 1.165) is 11.8 Å². The Bertz CT molecular complexity index is 359. The molecule has 13 heavy (non-hydrogen) atoms. The lowest BCUT2D eigenvalue weighted by molar-refractivity contribution is -0.388. The number of rotatable bonds is 2. The van der Waals surface area contributed by atoms with Gasteiger partial charge in [0.2, 0.25) is 0 Å². The van der Waals surface area contributed by atoms with Crippen LogP contribution in [0.2, 0.25) is 0 Å². The van der Waals surface area contributed by atoms with E-state index in [0.29, 0.717) is 4.47 Å². The van der Waals surface area contributed by atoms with Crippen molar-refractivity contribution in [1.29, 1.82) is 0 Å². The summed E-state index contributed by atoms with van der Waals surface area (Å²) in [5.41, 5.74) is -0.209. The van der Waals surface area contributed by atoms with Gasteiger partial charge in [-0.05, 0) is 12.3 Å². The van der Waals surface area contributed by atoms with E-state index in [-0.39, 0.29) is 10.6 Å². The molecule has 0 aliphatic heterocycles. The van der Waals surface area contributed by atoms with Crippen molar-refractivity contribution in [3.05, 3.63) is 32.5 Å². The van der Waals surface area contributed by atoms with Crippen LogP contribution < -0.4 is 0 Å². The van der Waals surface area contributed by atoms with Crippen molar-refractivity contribution in [3.63, 3.8) is 0 Å². The third kappa shape index (κ3) is 2.19. The predicted molar refractivity (Wildman–Crippen MR) is 52.5 cm³/mol. The van der Waals surface area contributed by atoms with Crippen molar-refractivity contribution < 1.29 is 9.31 Å². The second-order valence-electron chi connectivity index (χ2n) is 2.20. The first-order valence-electron chi connectivity index (χ1n) is 3.23. The standard InChI is InChI=1S/C7H5BrFNO2S/c1-13-7-5(9)2-4(8)3-6(7)10(11)12/h2-3H,1H3. The van der Waals surface area contributed by atoms with Gasteiger partial charge in [-0.1, -0.05) is 15.9 Å². The second-order valence-corrected chi connectivity index (χ2v) is 3.93. The summed E-state index contributed by atoms with van der Waals surface area (Å²) in [6.07, 6.45) is 1.60. The zero-order valence-electron chi connectivity index (χ0n) is 6.58. The van der Waals surface area contributed by atoms with Crippen LogP contribution in [0, 0.1) is 15.9 Å². The molecule has 0 saturated heterocycles. The van der Waals surface area contributed by atoms with Gasteiger partial charge in [-0.3, -0.25) is 10.1 Å². The van der Waals surface area contributed by atoms with Crippen LogP contribution in [0.3, 0.4) is 0 Å². The maximum absolute atomic E-state index is 13.1. The first kappa shape index (κ1) is 10.5. The fourth-order valence-electron chi connectivity index (χ4n) is 0.884. The Kier molecular flexibility index (Phi) is 3.27. The minimum Gasteiger partial charge on any atom is -0.258 e. The number of nitrogens with zero attached hydrogens (tertiary/aromatic N) is 1. The summed E-state index contributed by atoms with van der Waals surface area (Å²) in [5.74, 6) is -0.575. The summed E-state index contributed by atoms with van der Waals surface area (Å²) < 4.78 is 13.5. The molecule has 0 fully saturated rings. The lowest BCUT2D eigenvalue weighted by Crippen LogP contribution is -1.93. The van der Waals surface area contributed by atoms with Crippen molar-refractivity contribution in [2.75, 3.05) is 6.26 Å². The van der Waals surface area contributed by atoms with Crippen LogP contribution in [0.5, 0.6) is 0 Å². The van der Waals surface area contributed by atoms with Crippen LogP contribution in [-0.2, 0) is 0 Å². The van der Waals surface area contributed by atoms with Gasteiger partial charge in [-0.25, -0.2) is 4.39 Å². The number of nitro benzene ring substituents is 1. The Morgan fingerprint density at radius 1 is 1.62 bits per heavy atom. The van der Waals surface area contributed by atoms with E-state index in [1.807, 2.05) is 0 Å². The average Bonchev–Trinajstić information content (AvgIpc) is 2.02. The molecule has 0 aromatic heterocycles. The Balaban J connectivity index is 3.38. The molecule has 70 valence electrons. The highest BCUT2D eigenvalue weighted by Crippen LogP contribution is 2.32. The molecule has 0 amide bonds. The molecule has 1 rings (SSSR count). The van der Waals surface area contributed by atoms with Crippen molar-refractivity contribution >= 4 is 33.4 Å². The van der Waals surface area contributed by atoms with Crippen LogP contribution >= 0.6 is 27.7 Å². The number of hydrogen-bond acceptors (Lipinski definition) is 3. The maximum Gasteiger partial charge on any atom is 0.286 e. The van der Waals surface area contributed by atoms with Gasteiger partial charge >= 0.3 is 0 Å². The van der Waals surface area contributed by atoms with Crippen LogP contribution in [0.25, 0.3) is 0 Å². The lowest BCUT2D eigenvalue weighted by Gasteiger charge is -2.01. The molecule has 0 heterocycles. The van der Waals surface area contributed by atoms with Gasteiger partial charge in [-0.2, -0.15) is 0 Å². The van der Waals surface area contributed by atoms with E-state index in [4.69, 9.17) is 0 Å². The summed E-state index contributed by atoms with van der Waals surface area (Å²) in [4.78, 5) is 9.96. The predicted octanol–water partition coefficient (Wildman–Crippen LogP) is 3.22. The van der Waals surface area contributed by atoms with Gasteiger partial charge in [-0.15, -0.1) is 11.8 Å². The Morgan fingerprint density at radius 2 is 2.23 bits per heavy atom. The van der Waals surface area contributed by atoms with Crippen molar-refractivity contribution in [2.24, 2.45) is 0 Å². The maximum atomic E-state index is 13.1. The molecule has 0 spiro atoms. The van der Waals surface area contributed by atoms with E-state index in [2.05, 4.69) is 15.9 Å². The molecule has 0 atom stereocenters. The zero-order chi connectivity index (χ0) is 10.0. The SMILES string of the molecule is CSc1c(F)cc(Br)cc1[N+](=O)[O-]. The lowest BCUT2D eigenvalue weighted by atomic mass is 10.3. The molecule has 1 aromatic carbocycles. The molecule has 0 aliphatic rings. The highest BCUT2D eigenvalue weighted by atomic mass is 79.9. The molecule has 0 saturated carbocycles. The van der Waals surface area contributed by atoms with Crippen LogP contribution in [0.1, 0.15) is 0 Å².